The van der Waals surface area contributed by atoms with Crippen LogP contribution in [0, 0.1) is 5.92 Å². The Balaban J connectivity index is 1.42. The van der Waals surface area contributed by atoms with Gasteiger partial charge < -0.3 is 10.0 Å². The third-order valence-electron chi connectivity index (χ3n) is 5.15. The molecule has 26 heavy (non-hydrogen) atoms. The van der Waals surface area contributed by atoms with Crippen molar-refractivity contribution >= 4 is 16.8 Å². The summed E-state index contributed by atoms with van der Waals surface area (Å²) in [5, 5.41) is 10.1. The van der Waals surface area contributed by atoms with Crippen molar-refractivity contribution < 1.29 is 9.90 Å². The van der Waals surface area contributed by atoms with Crippen LogP contribution in [-0.2, 0) is 13.0 Å². The highest BCUT2D eigenvalue weighted by Gasteiger charge is 2.27. The minimum atomic E-state index is 0.0767. The molecule has 0 unspecified atom stereocenters. The van der Waals surface area contributed by atoms with Gasteiger partial charge >= 0.3 is 0 Å². The van der Waals surface area contributed by atoms with Crippen molar-refractivity contribution in [2.75, 3.05) is 13.1 Å². The van der Waals surface area contributed by atoms with Gasteiger partial charge in [-0.2, -0.15) is 0 Å². The number of fused-ring (bicyclic) bond motifs is 1. The molecule has 0 radical (unpaired) electrons. The Morgan fingerprint density at radius 3 is 2.73 bits per heavy atom. The van der Waals surface area contributed by atoms with Gasteiger partial charge in [-0.15, -0.1) is 0 Å². The molecule has 0 bridgehead atoms. The molecule has 2 aromatic carbocycles. The minimum Gasteiger partial charge on any atom is -0.392 e. The van der Waals surface area contributed by atoms with Crippen molar-refractivity contribution in [3.63, 3.8) is 0 Å². The third-order valence-corrected chi connectivity index (χ3v) is 5.15. The Morgan fingerprint density at radius 2 is 1.92 bits per heavy atom. The smallest absolute Gasteiger partial charge is 0.253 e. The number of nitrogens with zero attached hydrogens (tertiary/aromatic N) is 2. The van der Waals surface area contributed by atoms with Crippen LogP contribution in [0.25, 0.3) is 10.9 Å². The summed E-state index contributed by atoms with van der Waals surface area (Å²) in [6, 6.07) is 17.7. The van der Waals surface area contributed by atoms with Crippen molar-refractivity contribution in [2.24, 2.45) is 5.92 Å². The predicted octanol–water partition coefficient (Wildman–Crippen LogP) is 3.43. The van der Waals surface area contributed by atoms with Crippen LogP contribution in [0.1, 0.15) is 27.9 Å². The maximum atomic E-state index is 12.8. The number of pyridine rings is 1. The van der Waals surface area contributed by atoms with E-state index in [1.807, 2.05) is 47.4 Å². The van der Waals surface area contributed by atoms with Gasteiger partial charge in [0.05, 0.1) is 12.1 Å². The van der Waals surface area contributed by atoms with E-state index in [1.54, 1.807) is 6.20 Å². The molecule has 4 rings (SSSR count). The van der Waals surface area contributed by atoms with Crippen LogP contribution in [0.3, 0.4) is 0 Å². The van der Waals surface area contributed by atoms with Crippen molar-refractivity contribution in [1.82, 2.24) is 9.88 Å². The highest BCUT2D eigenvalue weighted by Crippen LogP contribution is 2.24. The predicted molar refractivity (Wildman–Crippen MR) is 102 cm³/mol. The fourth-order valence-electron chi connectivity index (χ4n) is 3.69. The van der Waals surface area contributed by atoms with Crippen LogP contribution in [0.4, 0.5) is 0 Å². The molecule has 3 aromatic rings. The zero-order chi connectivity index (χ0) is 17.9. The van der Waals surface area contributed by atoms with E-state index in [2.05, 4.69) is 17.1 Å². The van der Waals surface area contributed by atoms with Gasteiger partial charge in [0.15, 0.2) is 0 Å². The van der Waals surface area contributed by atoms with Crippen molar-refractivity contribution in [3.05, 3.63) is 77.5 Å². The molecule has 0 spiro atoms. The highest BCUT2D eigenvalue weighted by atomic mass is 16.3. The molecule has 1 amide bonds. The molecule has 1 aromatic heterocycles. The van der Waals surface area contributed by atoms with Gasteiger partial charge in [0.2, 0.25) is 0 Å². The molecule has 1 N–H and O–H groups in total. The first kappa shape index (κ1) is 16.7. The number of carbonyl (C=O) groups excluding carboxylic acids is 1. The summed E-state index contributed by atoms with van der Waals surface area (Å²) in [7, 11) is 0. The Labute approximate surface area is 153 Å². The van der Waals surface area contributed by atoms with Crippen LogP contribution in [0.15, 0.2) is 60.8 Å². The van der Waals surface area contributed by atoms with Gasteiger partial charge in [0.25, 0.3) is 5.91 Å². The van der Waals surface area contributed by atoms with E-state index in [0.717, 1.165) is 48.0 Å². The first-order valence-electron chi connectivity index (χ1n) is 9.05. The third kappa shape index (κ3) is 3.46. The highest BCUT2D eigenvalue weighted by molar-refractivity contribution is 5.98. The largest absolute Gasteiger partial charge is 0.392 e. The maximum Gasteiger partial charge on any atom is 0.253 e. The molecule has 0 aliphatic carbocycles. The van der Waals surface area contributed by atoms with Crippen LogP contribution in [0.5, 0.6) is 0 Å². The normalized spacial score (nSPS) is 17.0. The second kappa shape index (κ2) is 7.26. The fourth-order valence-corrected chi connectivity index (χ4v) is 3.69. The first-order chi connectivity index (χ1) is 12.7. The SMILES string of the molecule is O=C(c1ccc2ncccc2c1)N1CC[C@@H](Cc2ccc(CO)cc2)C1. The monoisotopic (exact) mass is 346 g/mol. The molecule has 1 aliphatic rings. The van der Waals surface area contributed by atoms with Crippen LogP contribution < -0.4 is 0 Å². The number of aliphatic hydroxyl groups excluding tert-OH is 1. The fraction of sp³-hybridized carbons (Fsp3) is 0.273. The molecule has 0 saturated carbocycles. The summed E-state index contributed by atoms with van der Waals surface area (Å²) < 4.78 is 0. The number of aromatic nitrogens is 1. The van der Waals surface area contributed by atoms with Gasteiger partial charge in [-0.05, 0) is 54.2 Å². The second-order valence-electron chi connectivity index (χ2n) is 7.00. The number of likely N-dealkylation sites (tertiary alicyclic amines) is 1. The summed E-state index contributed by atoms with van der Waals surface area (Å²) in [5.41, 5.74) is 3.84. The molecule has 1 aliphatic heterocycles. The zero-order valence-corrected chi connectivity index (χ0v) is 14.6. The number of carbonyl (C=O) groups is 1. The summed E-state index contributed by atoms with van der Waals surface area (Å²) in [6.45, 7) is 1.68. The lowest BCUT2D eigenvalue weighted by Gasteiger charge is -2.17. The van der Waals surface area contributed by atoms with Gasteiger partial charge in [-0.3, -0.25) is 9.78 Å². The van der Waals surface area contributed by atoms with Crippen molar-refractivity contribution in [1.29, 1.82) is 0 Å². The number of hydrogen-bond acceptors (Lipinski definition) is 3. The molecule has 1 atom stereocenters. The average Bonchev–Trinajstić information content (AvgIpc) is 3.16. The number of hydrogen-bond donors (Lipinski definition) is 1. The Morgan fingerprint density at radius 1 is 1.12 bits per heavy atom. The van der Waals surface area contributed by atoms with E-state index < -0.39 is 0 Å². The van der Waals surface area contributed by atoms with Gasteiger partial charge in [0.1, 0.15) is 0 Å². The van der Waals surface area contributed by atoms with Crippen LogP contribution in [0.2, 0.25) is 0 Å². The van der Waals surface area contributed by atoms with E-state index in [0.29, 0.717) is 5.92 Å². The maximum absolute atomic E-state index is 12.8. The second-order valence-corrected chi connectivity index (χ2v) is 7.00. The molecule has 4 nitrogen and oxygen atoms in total. The summed E-state index contributed by atoms with van der Waals surface area (Å²) in [6.07, 6.45) is 3.77. The Hall–Kier alpha value is -2.72. The lowest BCUT2D eigenvalue weighted by molar-refractivity contribution is 0.0787. The standard InChI is InChI=1S/C22H22N2O2/c25-15-17-5-3-16(4-6-17)12-18-9-11-24(14-18)22(26)20-7-8-21-19(13-20)2-1-10-23-21/h1-8,10,13,18,25H,9,11-12,14-15H2/t18-/m0/s1. The lowest BCUT2D eigenvalue weighted by Crippen LogP contribution is -2.28. The molecular weight excluding hydrogens is 324 g/mol. The number of benzene rings is 2. The topological polar surface area (TPSA) is 53.4 Å². The molecule has 132 valence electrons. The summed E-state index contributed by atoms with van der Waals surface area (Å²) in [4.78, 5) is 19.1. The van der Waals surface area contributed by atoms with E-state index in [4.69, 9.17) is 5.11 Å². The molecule has 2 heterocycles. The molecular formula is C22H22N2O2. The molecule has 1 saturated heterocycles. The molecule has 1 fully saturated rings. The van der Waals surface area contributed by atoms with Crippen molar-refractivity contribution in [2.45, 2.75) is 19.4 Å². The van der Waals surface area contributed by atoms with Gasteiger partial charge in [0, 0.05) is 30.2 Å². The van der Waals surface area contributed by atoms with E-state index in [1.165, 1.54) is 5.56 Å². The Bertz CT molecular complexity index is 921. The summed E-state index contributed by atoms with van der Waals surface area (Å²) in [5.74, 6) is 0.593. The minimum absolute atomic E-state index is 0.0767. The van der Waals surface area contributed by atoms with E-state index in [-0.39, 0.29) is 12.5 Å². The number of rotatable bonds is 4. The zero-order valence-electron chi connectivity index (χ0n) is 14.6. The van der Waals surface area contributed by atoms with Gasteiger partial charge in [-0.25, -0.2) is 0 Å². The lowest BCUT2D eigenvalue weighted by atomic mass is 9.98. The number of aliphatic hydroxyl groups is 1. The quantitative estimate of drug-likeness (QED) is 0.787. The van der Waals surface area contributed by atoms with Crippen LogP contribution >= 0.6 is 0 Å². The molecule has 4 heteroatoms. The van der Waals surface area contributed by atoms with E-state index in [9.17, 15) is 4.79 Å². The number of amides is 1. The van der Waals surface area contributed by atoms with Crippen molar-refractivity contribution in [3.8, 4) is 0 Å². The average molecular weight is 346 g/mol. The van der Waals surface area contributed by atoms with E-state index >= 15 is 0 Å². The first-order valence-corrected chi connectivity index (χ1v) is 9.05. The van der Waals surface area contributed by atoms with Gasteiger partial charge in [-0.1, -0.05) is 30.3 Å². The van der Waals surface area contributed by atoms with Crippen LogP contribution in [-0.4, -0.2) is 34.0 Å². The summed E-state index contributed by atoms with van der Waals surface area (Å²) >= 11 is 0. The Kier molecular flexibility index (Phi) is 4.67.